The summed E-state index contributed by atoms with van der Waals surface area (Å²) >= 11 is 0. The van der Waals surface area contributed by atoms with Crippen LogP contribution in [-0.4, -0.2) is 54.2 Å². The van der Waals surface area contributed by atoms with Gasteiger partial charge >= 0.3 is 6.18 Å². The van der Waals surface area contributed by atoms with E-state index in [2.05, 4.69) is 25.9 Å². The minimum atomic E-state index is -4.58. The van der Waals surface area contributed by atoms with Gasteiger partial charge in [-0.25, -0.2) is 9.37 Å². The number of carbonyl (C=O) groups excluding carboxylic acids is 2. The number of methoxy groups -OCH3 is 1. The molecule has 13 heteroatoms. The van der Waals surface area contributed by atoms with Crippen LogP contribution in [0.1, 0.15) is 34.1 Å². The van der Waals surface area contributed by atoms with E-state index in [0.29, 0.717) is 12.0 Å². The topological polar surface area (TPSA) is 118 Å². The number of pyridine rings is 2. The minimum Gasteiger partial charge on any atom is -0.480 e. The number of rotatable bonds is 8. The van der Waals surface area contributed by atoms with Gasteiger partial charge in [0, 0.05) is 29.9 Å². The van der Waals surface area contributed by atoms with E-state index < -0.39 is 35.9 Å². The number of halogens is 4. The summed E-state index contributed by atoms with van der Waals surface area (Å²) in [7, 11) is 2.74. The predicted octanol–water partition coefficient (Wildman–Crippen LogP) is 5.49. The first-order chi connectivity index (χ1) is 19.9. The summed E-state index contributed by atoms with van der Waals surface area (Å²) in [4.78, 5) is 34.7. The van der Waals surface area contributed by atoms with Crippen LogP contribution in [0.3, 0.4) is 0 Å². The van der Waals surface area contributed by atoms with Gasteiger partial charge in [0.1, 0.15) is 29.5 Å². The molecule has 2 amide bonds. The van der Waals surface area contributed by atoms with Crippen LogP contribution in [0.4, 0.5) is 23.4 Å². The summed E-state index contributed by atoms with van der Waals surface area (Å²) in [5.41, 5.74) is 0.0782. The number of furan rings is 1. The van der Waals surface area contributed by atoms with E-state index in [1.807, 2.05) is 19.1 Å². The smallest absolute Gasteiger partial charge is 0.405 e. The Labute approximate surface area is 237 Å². The molecule has 0 spiro atoms. The Bertz CT molecular complexity index is 1720. The van der Waals surface area contributed by atoms with E-state index >= 15 is 0 Å². The number of aromatic nitrogens is 2. The lowest BCUT2D eigenvalue weighted by Gasteiger charge is -2.32. The van der Waals surface area contributed by atoms with Gasteiger partial charge in [0.2, 0.25) is 11.6 Å². The lowest BCUT2D eigenvalue weighted by atomic mass is 9.87. The Balaban J connectivity index is 1.70. The molecular weight excluding hydrogens is 558 g/mol. The Hall–Kier alpha value is -4.94. The molecule has 1 aliphatic rings. The maximum Gasteiger partial charge on any atom is 0.405 e. The third-order valence-electron chi connectivity index (χ3n) is 6.73. The molecule has 3 N–H and O–H groups in total. The number of nitrogens with one attached hydrogen (secondary N) is 3. The lowest BCUT2D eigenvalue weighted by Crippen LogP contribution is -2.47. The van der Waals surface area contributed by atoms with Crippen molar-refractivity contribution >= 4 is 28.7 Å². The maximum atomic E-state index is 13.6. The van der Waals surface area contributed by atoms with Gasteiger partial charge < -0.3 is 25.1 Å². The van der Waals surface area contributed by atoms with Crippen LogP contribution in [0, 0.1) is 5.82 Å². The highest BCUT2D eigenvalue weighted by molar-refractivity contribution is 6.11. The first kappa shape index (κ1) is 28.6. The molecule has 5 rings (SSSR count). The molecule has 1 aliphatic carbocycles. The lowest BCUT2D eigenvalue weighted by molar-refractivity contribution is -0.115. The third-order valence-corrected chi connectivity index (χ3v) is 6.73. The zero-order valence-electron chi connectivity index (χ0n) is 22.6. The Kier molecular flexibility index (Phi) is 7.35. The van der Waals surface area contributed by atoms with Gasteiger partial charge in [-0.15, -0.1) is 0 Å². The van der Waals surface area contributed by atoms with Crippen LogP contribution in [-0.2, 0) is 0 Å². The number of nitrogens with zero attached hydrogens (tertiary/aromatic N) is 2. The summed E-state index contributed by atoms with van der Waals surface area (Å²) in [6.45, 7) is 0.414. The maximum absolute atomic E-state index is 13.6. The van der Waals surface area contributed by atoms with Crippen molar-refractivity contribution in [3.63, 3.8) is 0 Å². The van der Waals surface area contributed by atoms with Crippen molar-refractivity contribution in [3.8, 4) is 28.3 Å². The first-order valence-corrected chi connectivity index (χ1v) is 12.7. The second-order valence-corrected chi connectivity index (χ2v) is 9.86. The fourth-order valence-corrected chi connectivity index (χ4v) is 4.53. The van der Waals surface area contributed by atoms with Gasteiger partial charge in [0.25, 0.3) is 11.8 Å². The number of anilines is 1. The average molecular weight is 584 g/mol. The molecule has 3 heterocycles. The van der Waals surface area contributed by atoms with Crippen LogP contribution >= 0.6 is 0 Å². The number of fused-ring (bicyclic) bond motifs is 1. The quantitative estimate of drug-likeness (QED) is 0.186. The fourth-order valence-electron chi connectivity index (χ4n) is 4.53. The van der Waals surface area contributed by atoms with Crippen LogP contribution in [0.15, 0.2) is 59.2 Å². The molecule has 0 aliphatic heterocycles. The number of hydrogen-bond acceptors (Lipinski definition) is 7. The number of ether oxygens (including phenoxy) is 1. The first-order valence-electron chi connectivity index (χ1n) is 12.7. The van der Waals surface area contributed by atoms with Crippen LogP contribution in [0.2, 0.25) is 0 Å². The third kappa shape index (κ3) is 5.62. The number of carbonyl (C=O) groups is 2. The molecule has 218 valence electrons. The number of benzene rings is 1. The molecule has 9 nitrogen and oxygen atoms in total. The normalized spacial score (nSPS) is 16.2. The summed E-state index contributed by atoms with van der Waals surface area (Å²) < 4.78 is 64.5. The second-order valence-electron chi connectivity index (χ2n) is 9.86. The molecule has 1 unspecified atom stereocenters. The van der Waals surface area contributed by atoms with E-state index in [0.717, 1.165) is 0 Å². The molecule has 0 radical (unpaired) electrons. The summed E-state index contributed by atoms with van der Waals surface area (Å²) in [6.07, 6.45) is 1.10. The zero-order chi connectivity index (χ0) is 30.2. The monoisotopic (exact) mass is 583 g/mol. The Morgan fingerprint density at radius 3 is 2.43 bits per heavy atom. The molecule has 42 heavy (non-hydrogen) atoms. The van der Waals surface area contributed by atoms with Gasteiger partial charge in [0.15, 0.2) is 0 Å². The summed E-state index contributed by atoms with van der Waals surface area (Å²) in [5, 5.41) is 7.87. The van der Waals surface area contributed by atoms with Gasteiger partial charge in [-0.2, -0.15) is 18.2 Å². The fraction of sp³-hybridized carbons (Fsp3) is 0.241. The van der Waals surface area contributed by atoms with E-state index in [1.54, 1.807) is 0 Å². The second kappa shape index (κ2) is 10.8. The van der Waals surface area contributed by atoms with Crippen LogP contribution in [0.25, 0.3) is 33.6 Å². The Morgan fingerprint density at radius 1 is 1.12 bits per heavy atom. The zero-order valence-corrected chi connectivity index (χ0v) is 22.6. The van der Waals surface area contributed by atoms with Gasteiger partial charge in [-0.1, -0.05) is 12.2 Å². The molecule has 0 saturated heterocycles. The van der Waals surface area contributed by atoms with Crippen molar-refractivity contribution in [1.29, 1.82) is 0 Å². The molecule has 0 saturated carbocycles. The number of hydrogen-bond donors (Lipinski definition) is 3. The molecule has 0 bridgehead atoms. The molecule has 0 fully saturated rings. The van der Waals surface area contributed by atoms with Crippen molar-refractivity contribution in [2.75, 3.05) is 26.0 Å². The molecule has 1 atom stereocenters. The van der Waals surface area contributed by atoms with Crippen molar-refractivity contribution in [2.45, 2.75) is 25.1 Å². The van der Waals surface area contributed by atoms with E-state index in [1.165, 1.54) is 56.8 Å². The van der Waals surface area contributed by atoms with E-state index in [9.17, 15) is 27.2 Å². The van der Waals surface area contributed by atoms with E-state index in [4.69, 9.17) is 9.15 Å². The number of alkyl halides is 3. The van der Waals surface area contributed by atoms with Gasteiger partial charge in [-0.05, 0) is 49.7 Å². The van der Waals surface area contributed by atoms with Crippen molar-refractivity contribution < 1.29 is 36.3 Å². The van der Waals surface area contributed by atoms with Crippen molar-refractivity contribution in [2.24, 2.45) is 0 Å². The van der Waals surface area contributed by atoms with Gasteiger partial charge in [-0.3, -0.25) is 9.59 Å². The molecule has 4 aromatic rings. The standard InChI is InChI=1S/C29H25F4N5O4/c1-28(9-4-10-28)38-24(39)20-11-16(13-35-26(20)41-3)18-12-19-21(25(40)34-2)22(15-5-7-17(30)8-6-15)42-27(19)37-23(18)36-14-29(31,32)33/h4-9,11-13H,10,14H2,1-3H3,(H,34,40)(H,36,37)(H,38,39). The highest BCUT2D eigenvalue weighted by Gasteiger charge is 2.31. The van der Waals surface area contributed by atoms with Crippen molar-refractivity contribution in [3.05, 3.63) is 71.7 Å². The Morgan fingerprint density at radius 2 is 1.83 bits per heavy atom. The van der Waals surface area contributed by atoms with E-state index in [-0.39, 0.29) is 50.8 Å². The molecular formula is C29H25F4N5O4. The van der Waals surface area contributed by atoms with Crippen LogP contribution < -0.4 is 20.7 Å². The summed E-state index contributed by atoms with van der Waals surface area (Å²) in [6, 6.07) is 8.03. The number of amides is 2. The highest BCUT2D eigenvalue weighted by Crippen LogP contribution is 2.39. The predicted molar refractivity (Wildman–Crippen MR) is 147 cm³/mol. The highest BCUT2D eigenvalue weighted by atomic mass is 19.4. The molecule has 1 aromatic carbocycles. The van der Waals surface area contributed by atoms with Gasteiger partial charge in [0.05, 0.1) is 23.6 Å². The largest absolute Gasteiger partial charge is 0.480 e. The minimum absolute atomic E-state index is 0.00921. The van der Waals surface area contributed by atoms with Crippen LogP contribution in [0.5, 0.6) is 5.88 Å². The molecule has 3 aromatic heterocycles. The summed E-state index contributed by atoms with van der Waals surface area (Å²) in [5.74, 6) is -1.74. The average Bonchev–Trinajstić information content (AvgIpc) is 3.32. The van der Waals surface area contributed by atoms with Crippen molar-refractivity contribution in [1.82, 2.24) is 20.6 Å². The SMILES string of the molecule is CNC(=O)c1c(-c2ccc(F)cc2)oc2nc(NCC(F)(F)F)c(-c3cnc(OC)c(C(=O)NC4(C)C=CC4)c3)cc12.